The highest BCUT2D eigenvalue weighted by Crippen LogP contribution is 2.31. The van der Waals surface area contributed by atoms with Crippen molar-refractivity contribution in [3.8, 4) is 0 Å². The molecule has 2 aromatic rings. The van der Waals surface area contributed by atoms with Gasteiger partial charge in [-0.2, -0.15) is 13.2 Å². The number of rotatable bonds is 5. The highest BCUT2D eigenvalue weighted by atomic mass is 19.4. The van der Waals surface area contributed by atoms with Gasteiger partial charge < -0.3 is 5.32 Å². The second-order valence-electron chi connectivity index (χ2n) is 7.85. The van der Waals surface area contributed by atoms with Crippen LogP contribution in [0.4, 0.5) is 24.8 Å². The van der Waals surface area contributed by atoms with E-state index in [2.05, 4.69) is 29.1 Å². The lowest BCUT2D eigenvalue weighted by molar-refractivity contribution is -0.147. The van der Waals surface area contributed by atoms with Gasteiger partial charge in [0.2, 0.25) is 0 Å². The van der Waals surface area contributed by atoms with E-state index in [9.17, 15) is 13.2 Å². The van der Waals surface area contributed by atoms with Gasteiger partial charge in [0.15, 0.2) is 0 Å². The van der Waals surface area contributed by atoms with E-state index >= 15 is 0 Å². The summed E-state index contributed by atoms with van der Waals surface area (Å²) in [5, 5.41) is 3.28. The average Bonchev–Trinajstić information content (AvgIpc) is 2.60. The van der Waals surface area contributed by atoms with E-state index in [4.69, 9.17) is 0 Å². The van der Waals surface area contributed by atoms with Crippen LogP contribution in [-0.2, 0) is 0 Å². The summed E-state index contributed by atoms with van der Waals surface area (Å²) in [5.74, 6) is 2.13. The Labute approximate surface area is 164 Å². The van der Waals surface area contributed by atoms with Crippen LogP contribution >= 0.6 is 0 Å². The van der Waals surface area contributed by atoms with Crippen LogP contribution in [0.15, 0.2) is 30.5 Å². The van der Waals surface area contributed by atoms with E-state index in [1.165, 1.54) is 10.5 Å². The molecule has 3 heterocycles. The van der Waals surface area contributed by atoms with Crippen LogP contribution in [0.25, 0.3) is 0 Å². The molecule has 0 amide bonds. The van der Waals surface area contributed by atoms with Crippen molar-refractivity contribution in [2.24, 2.45) is 0 Å². The Balaban J connectivity index is 1.70. The van der Waals surface area contributed by atoms with Gasteiger partial charge >= 0.3 is 6.18 Å². The third kappa shape index (κ3) is 5.67. The zero-order chi connectivity index (χ0) is 20.3. The van der Waals surface area contributed by atoms with Crippen molar-refractivity contribution in [1.29, 1.82) is 0 Å². The van der Waals surface area contributed by atoms with Crippen molar-refractivity contribution in [3.63, 3.8) is 0 Å². The Morgan fingerprint density at radius 1 is 1.14 bits per heavy atom. The van der Waals surface area contributed by atoms with Crippen molar-refractivity contribution in [2.75, 3.05) is 25.0 Å². The number of aryl methyl sites for hydroxylation is 1. The fourth-order valence-corrected chi connectivity index (χ4v) is 3.68. The minimum Gasteiger partial charge on any atom is -0.325 e. The second-order valence-corrected chi connectivity index (χ2v) is 7.85. The lowest BCUT2D eigenvalue weighted by Gasteiger charge is -2.32. The number of nitrogens with zero attached hydrogens (tertiary/aromatic N) is 3. The second kappa shape index (κ2) is 8.47. The Hall–Kier alpha value is -2.15. The number of likely N-dealkylation sites (tertiary alicyclic amines) is 1. The molecule has 0 bridgehead atoms. The SMILES string of the molecule is Cc1cc(C2CCN(CC(F)(F)F)CC2)cc(Nc2cc(C(C)C)ccn2)n1. The predicted molar refractivity (Wildman–Crippen MR) is 105 cm³/mol. The molecule has 2 aromatic heterocycles. The zero-order valence-corrected chi connectivity index (χ0v) is 16.6. The number of halogens is 3. The fourth-order valence-electron chi connectivity index (χ4n) is 3.68. The number of anilines is 2. The third-order valence-electron chi connectivity index (χ3n) is 5.14. The van der Waals surface area contributed by atoms with E-state index in [0.29, 0.717) is 19.0 Å². The average molecular weight is 392 g/mol. The summed E-state index contributed by atoms with van der Waals surface area (Å²) in [6, 6.07) is 8.05. The van der Waals surface area contributed by atoms with Gasteiger partial charge in [0.25, 0.3) is 0 Å². The van der Waals surface area contributed by atoms with Crippen LogP contribution in [0.3, 0.4) is 0 Å². The Morgan fingerprint density at radius 2 is 1.86 bits per heavy atom. The van der Waals surface area contributed by atoms with E-state index in [1.54, 1.807) is 6.20 Å². The Morgan fingerprint density at radius 3 is 2.50 bits per heavy atom. The molecule has 28 heavy (non-hydrogen) atoms. The predicted octanol–water partition coefficient (Wildman–Crippen LogP) is 5.39. The Kier molecular flexibility index (Phi) is 6.23. The summed E-state index contributed by atoms with van der Waals surface area (Å²) in [5.41, 5.74) is 3.21. The molecule has 0 saturated carbocycles. The van der Waals surface area contributed by atoms with Gasteiger partial charge in [0.05, 0.1) is 6.54 Å². The van der Waals surface area contributed by atoms with Crippen LogP contribution < -0.4 is 5.32 Å². The van der Waals surface area contributed by atoms with Crippen molar-refractivity contribution in [3.05, 3.63) is 47.3 Å². The molecule has 1 N–H and O–H groups in total. The number of pyridine rings is 2. The molecule has 0 aromatic carbocycles. The molecule has 3 rings (SSSR count). The van der Waals surface area contributed by atoms with Gasteiger partial charge in [-0.3, -0.25) is 4.90 Å². The molecule has 1 saturated heterocycles. The van der Waals surface area contributed by atoms with Gasteiger partial charge in [0, 0.05) is 11.9 Å². The minimum atomic E-state index is -4.13. The van der Waals surface area contributed by atoms with Crippen molar-refractivity contribution in [2.45, 2.75) is 51.6 Å². The maximum absolute atomic E-state index is 12.6. The fraction of sp³-hybridized carbons (Fsp3) is 0.524. The summed E-state index contributed by atoms with van der Waals surface area (Å²) < 4.78 is 37.8. The quantitative estimate of drug-likeness (QED) is 0.740. The number of piperidine rings is 1. The molecule has 7 heteroatoms. The normalized spacial score (nSPS) is 16.5. The van der Waals surface area contributed by atoms with Crippen molar-refractivity contribution < 1.29 is 13.2 Å². The largest absolute Gasteiger partial charge is 0.401 e. The molecule has 0 atom stereocenters. The maximum Gasteiger partial charge on any atom is 0.401 e. The first-order chi connectivity index (χ1) is 13.2. The zero-order valence-electron chi connectivity index (χ0n) is 16.6. The van der Waals surface area contributed by atoms with E-state index in [1.807, 2.05) is 31.2 Å². The number of alkyl halides is 3. The highest BCUT2D eigenvalue weighted by molar-refractivity contribution is 5.54. The van der Waals surface area contributed by atoms with Crippen molar-refractivity contribution in [1.82, 2.24) is 14.9 Å². The molecular weight excluding hydrogens is 365 g/mol. The van der Waals surface area contributed by atoms with E-state index < -0.39 is 12.7 Å². The molecule has 152 valence electrons. The number of hydrogen-bond donors (Lipinski definition) is 1. The Bertz CT molecular complexity index is 796. The highest BCUT2D eigenvalue weighted by Gasteiger charge is 2.32. The number of hydrogen-bond acceptors (Lipinski definition) is 4. The first-order valence-corrected chi connectivity index (χ1v) is 9.70. The van der Waals surface area contributed by atoms with Crippen LogP contribution in [0, 0.1) is 6.92 Å². The molecular formula is C21H27F3N4. The van der Waals surface area contributed by atoms with Gasteiger partial charge in [-0.25, -0.2) is 9.97 Å². The smallest absolute Gasteiger partial charge is 0.325 e. The molecule has 0 radical (unpaired) electrons. The summed E-state index contributed by atoms with van der Waals surface area (Å²) >= 11 is 0. The molecule has 0 aliphatic carbocycles. The standard InChI is InChI=1S/C21H27F3N4/c1-14(2)17-4-7-25-19(11-17)27-20-12-18(10-15(3)26-20)16-5-8-28(9-6-16)13-21(22,23)24/h4,7,10-12,14,16H,5-6,8-9,13H2,1-3H3,(H,25,26,27). The molecule has 0 spiro atoms. The van der Waals surface area contributed by atoms with Gasteiger partial charge in [-0.15, -0.1) is 0 Å². The lowest BCUT2D eigenvalue weighted by Crippen LogP contribution is -2.39. The molecule has 4 nitrogen and oxygen atoms in total. The van der Waals surface area contributed by atoms with Gasteiger partial charge in [0.1, 0.15) is 11.6 Å². The first-order valence-electron chi connectivity index (χ1n) is 9.70. The summed E-state index contributed by atoms with van der Waals surface area (Å²) in [6.45, 7) is 6.31. The monoisotopic (exact) mass is 392 g/mol. The molecule has 1 aliphatic rings. The molecule has 1 fully saturated rings. The van der Waals surface area contributed by atoms with Crippen molar-refractivity contribution >= 4 is 11.6 Å². The van der Waals surface area contributed by atoms with Gasteiger partial charge in [-0.1, -0.05) is 13.8 Å². The van der Waals surface area contributed by atoms with Crippen LogP contribution in [0.2, 0.25) is 0 Å². The van der Waals surface area contributed by atoms with Crippen LogP contribution in [0.1, 0.15) is 55.3 Å². The topological polar surface area (TPSA) is 41.0 Å². The maximum atomic E-state index is 12.6. The van der Waals surface area contributed by atoms with Crippen LogP contribution in [0.5, 0.6) is 0 Å². The minimum absolute atomic E-state index is 0.252. The van der Waals surface area contributed by atoms with Crippen LogP contribution in [-0.4, -0.2) is 40.7 Å². The lowest BCUT2D eigenvalue weighted by atomic mass is 9.89. The third-order valence-corrected chi connectivity index (χ3v) is 5.14. The summed E-state index contributed by atoms with van der Waals surface area (Å²) in [4.78, 5) is 10.4. The van der Waals surface area contributed by atoms with E-state index in [0.717, 1.165) is 35.7 Å². The molecule has 0 unspecified atom stereocenters. The van der Waals surface area contributed by atoms with E-state index in [-0.39, 0.29) is 5.92 Å². The summed E-state index contributed by atoms with van der Waals surface area (Å²) in [6.07, 6.45) is -0.903. The summed E-state index contributed by atoms with van der Waals surface area (Å²) in [7, 11) is 0. The first kappa shape index (κ1) is 20.6. The molecule has 1 aliphatic heterocycles. The number of aromatic nitrogens is 2. The van der Waals surface area contributed by atoms with Gasteiger partial charge in [-0.05, 0) is 80.1 Å². The number of nitrogens with one attached hydrogen (secondary N) is 1.